The number of sulfonamides is 1. The van der Waals surface area contributed by atoms with Crippen LogP contribution in [0.1, 0.15) is 6.92 Å². The van der Waals surface area contributed by atoms with Gasteiger partial charge in [0, 0.05) is 4.47 Å². The Hall–Kier alpha value is -1.90. The summed E-state index contributed by atoms with van der Waals surface area (Å²) in [6.45, 7) is 1.92. The molecule has 24 heavy (non-hydrogen) atoms. The second-order valence-electron chi connectivity index (χ2n) is 4.76. The molecule has 2 rings (SSSR count). The number of para-hydroxylation sites is 2. The Morgan fingerprint density at radius 1 is 1.12 bits per heavy atom. The van der Waals surface area contributed by atoms with Crippen molar-refractivity contribution in [1.82, 2.24) is 4.72 Å². The Balaban J connectivity index is 1.99. The Bertz CT molecular complexity index is 807. The molecule has 0 aliphatic rings. The van der Waals surface area contributed by atoms with Gasteiger partial charge in [0.05, 0.1) is 23.7 Å². The van der Waals surface area contributed by atoms with E-state index in [1.807, 2.05) is 6.92 Å². The molecule has 2 aromatic carbocycles. The number of nitrogens with one attached hydrogen (secondary N) is 2. The average Bonchev–Trinajstić information content (AvgIpc) is 2.56. The van der Waals surface area contributed by atoms with Crippen LogP contribution in [0.5, 0.6) is 5.75 Å². The molecule has 1 amide bonds. The van der Waals surface area contributed by atoms with Gasteiger partial charge in [-0.3, -0.25) is 4.79 Å². The number of ether oxygens (including phenoxy) is 1. The van der Waals surface area contributed by atoms with Crippen LogP contribution in [0.4, 0.5) is 5.69 Å². The fourth-order valence-electron chi connectivity index (χ4n) is 1.90. The number of amides is 1. The van der Waals surface area contributed by atoms with Gasteiger partial charge in [0.1, 0.15) is 5.75 Å². The maximum Gasteiger partial charge on any atom is 0.241 e. The van der Waals surface area contributed by atoms with Gasteiger partial charge in [-0.25, -0.2) is 13.1 Å². The van der Waals surface area contributed by atoms with Gasteiger partial charge in [-0.1, -0.05) is 28.1 Å². The third kappa shape index (κ3) is 5.05. The lowest BCUT2D eigenvalue weighted by atomic mass is 10.3. The van der Waals surface area contributed by atoms with Crippen molar-refractivity contribution < 1.29 is 17.9 Å². The summed E-state index contributed by atoms with van der Waals surface area (Å²) in [7, 11) is -3.75. The van der Waals surface area contributed by atoms with Crippen molar-refractivity contribution in [3.63, 3.8) is 0 Å². The molecule has 0 atom stereocenters. The number of hydrogen-bond acceptors (Lipinski definition) is 4. The highest BCUT2D eigenvalue weighted by molar-refractivity contribution is 9.10. The number of halogens is 1. The van der Waals surface area contributed by atoms with E-state index in [2.05, 4.69) is 26.0 Å². The first-order chi connectivity index (χ1) is 11.4. The van der Waals surface area contributed by atoms with Crippen LogP contribution in [0.15, 0.2) is 57.9 Å². The van der Waals surface area contributed by atoms with Crippen molar-refractivity contribution in [3.05, 3.63) is 53.0 Å². The minimum atomic E-state index is -3.75. The molecule has 0 aliphatic heterocycles. The van der Waals surface area contributed by atoms with Gasteiger partial charge in [-0.15, -0.1) is 0 Å². The summed E-state index contributed by atoms with van der Waals surface area (Å²) in [5, 5.41) is 2.63. The highest BCUT2D eigenvalue weighted by Gasteiger charge is 2.16. The molecule has 8 heteroatoms. The summed E-state index contributed by atoms with van der Waals surface area (Å²) < 4.78 is 32.7. The molecular formula is C16H17BrN2O4S. The largest absolute Gasteiger partial charge is 0.492 e. The first-order valence-electron chi connectivity index (χ1n) is 7.19. The predicted molar refractivity (Wildman–Crippen MR) is 95.6 cm³/mol. The lowest BCUT2D eigenvalue weighted by Gasteiger charge is -2.12. The van der Waals surface area contributed by atoms with Gasteiger partial charge in [0.2, 0.25) is 15.9 Å². The molecule has 128 valence electrons. The summed E-state index contributed by atoms with van der Waals surface area (Å²) >= 11 is 3.24. The number of anilines is 1. The van der Waals surface area contributed by atoms with Crippen molar-refractivity contribution in [1.29, 1.82) is 0 Å². The maximum atomic E-state index is 12.1. The third-order valence-electron chi connectivity index (χ3n) is 3.01. The fourth-order valence-corrected chi connectivity index (χ4v) is 3.15. The minimum absolute atomic E-state index is 0.0909. The SMILES string of the molecule is CCOc1ccccc1NC(=O)CNS(=O)(=O)c1ccc(Br)cc1. The molecule has 0 radical (unpaired) electrons. The van der Waals surface area contributed by atoms with Crippen LogP contribution in [0, 0.1) is 0 Å². The summed E-state index contributed by atoms with van der Waals surface area (Å²) in [5.41, 5.74) is 0.493. The molecule has 0 bridgehead atoms. The maximum absolute atomic E-state index is 12.1. The number of carbonyl (C=O) groups is 1. The second kappa shape index (κ2) is 8.27. The van der Waals surface area contributed by atoms with E-state index < -0.39 is 15.9 Å². The molecule has 0 aliphatic carbocycles. The van der Waals surface area contributed by atoms with Crippen LogP contribution < -0.4 is 14.8 Å². The Labute approximate surface area is 149 Å². The predicted octanol–water partition coefficient (Wildman–Crippen LogP) is 2.76. The quantitative estimate of drug-likeness (QED) is 0.731. The number of carbonyl (C=O) groups excluding carboxylic acids is 1. The normalized spacial score (nSPS) is 11.1. The van der Waals surface area contributed by atoms with Crippen molar-refractivity contribution in [2.75, 3.05) is 18.5 Å². The number of benzene rings is 2. The first-order valence-corrected chi connectivity index (χ1v) is 9.47. The monoisotopic (exact) mass is 412 g/mol. The van der Waals surface area contributed by atoms with Gasteiger partial charge >= 0.3 is 0 Å². The highest BCUT2D eigenvalue weighted by atomic mass is 79.9. The summed E-state index contributed by atoms with van der Waals surface area (Å²) in [6, 6.07) is 13.1. The van der Waals surface area contributed by atoms with E-state index in [9.17, 15) is 13.2 Å². The standard InChI is InChI=1S/C16H17BrN2O4S/c1-2-23-15-6-4-3-5-14(15)19-16(20)11-18-24(21,22)13-9-7-12(17)8-10-13/h3-10,18H,2,11H2,1H3,(H,19,20). The second-order valence-corrected chi connectivity index (χ2v) is 7.44. The number of hydrogen-bond donors (Lipinski definition) is 2. The highest BCUT2D eigenvalue weighted by Crippen LogP contribution is 2.23. The summed E-state index contributed by atoms with van der Waals surface area (Å²) in [5.74, 6) is 0.0481. The molecule has 0 fully saturated rings. The van der Waals surface area contributed by atoms with Crippen LogP contribution in [-0.2, 0) is 14.8 Å². The molecule has 0 unspecified atom stereocenters. The zero-order valence-corrected chi connectivity index (χ0v) is 15.4. The van der Waals surface area contributed by atoms with E-state index in [0.29, 0.717) is 18.0 Å². The van der Waals surface area contributed by atoms with Crippen LogP contribution in [0.2, 0.25) is 0 Å². The summed E-state index contributed by atoms with van der Waals surface area (Å²) in [4.78, 5) is 12.1. The van der Waals surface area contributed by atoms with E-state index in [4.69, 9.17) is 4.74 Å². The molecule has 2 N–H and O–H groups in total. The van der Waals surface area contributed by atoms with Crippen LogP contribution in [0.3, 0.4) is 0 Å². The minimum Gasteiger partial charge on any atom is -0.492 e. The van der Waals surface area contributed by atoms with Gasteiger partial charge in [-0.05, 0) is 43.3 Å². The van der Waals surface area contributed by atoms with E-state index in [1.165, 1.54) is 12.1 Å². The molecule has 0 saturated carbocycles. The van der Waals surface area contributed by atoms with Crippen LogP contribution in [0.25, 0.3) is 0 Å². The molecular weight excluding hydrogens is 396 g/mol. The summed E-state index contributed by atoms with van der Waals surface area (Å²) in [6.07, 6.45) is 0. The third-order valence-corrected chi connectivity index (χ3v) is 4.95. The van der Waals surface area contributed by atoms with Gasteiger partial charge in [0.25, 0.3) is 0 Å². The van der Waals surface area contributed by atoms with Crippen molar-refractivity contribution >= 4 is 37.5 Å². The lowest BCUT2D eigenvalue weighted by molar-refractivity contribution is -0.115. The smallest absolute Gasteiger partial charge is 0.241 e. The topological polar surface area (TPSA) is 84.5 Å². The van der Waals surface area contributed by atoms with Gasteiger partial charge < -0.3 is 10.1 Å². The van der Waals surface area contributed by atoms with E-state index >= 15 is 0 Å². The van der Waals surface area contributed by atoms with E-state index in [-0.39, 0.29) is 11.4 Å². The molecule has 6 nitrogen and oxygen atoms in total. The number of rotatable bonds is 7. The molecule has 0 aromatic heterocycles. The fraction of sp³-hybridized carbons (Fsp3) is 0.188. The van der Waals surface area contributed by atoms with E-state index in [1.54, 1.807) is 36.4 Å². The van der Waals surface area contributed by atoms with Crippen LogP contribution in [-0.4, -0.2) is 27.5 Å². The Kier molecular flexibility index (Phi) is 6.36. The van der Waals surface area contributed by atoms with Crippen molar-refractivity contribution in [2.45, 2.75) is 11.8 Å². The molecule has 0 heterocycles. The average molecular weight is 413 g/mol. The van der Waals surface area contributed by atoms with Crippen molar-refractivity contribution in [3.8, 4) is 5.75 Å². The Morgan fingerprint density at radius 3 is 2.46 bits per heavy atom. The van der Waals surface area contributed by atoms with Crippen LogP contribution >= 0.6 is 15.9 Å². The molecule has 0 spiro atoms. The molecule has 0 saturated heterocycles. The lowest BCUT2D eigenvalue weighted by Crippen LogP contribution is -2.33. The Morgan fingerprint density at radius 2 is 1.79 bits per heavy atom. The molecule has 2 aromatic rings. The van der Waals surface area contributed by atoms with E-state index in [0.717, 1.165) is 4.47 Å². The van der Waals surface area contributed by atoms with Gasteiger partial charge in [-0.2, -0.15) is 0 Å². The van der Waals surface area contributed by atoms with Gasteiger partial charge in [0.15, 0.2) is 0 Å². The van der Waals surface area contributed by atoms with Crippen molar-refractivity contribution in [2.24, 2.45) is 0 Å². The zero-order valence-electron chi connectivity index (χ0n) is 13.0. The zero-order chi connectivity index (χ0) is 17.6. The first kappa shape index (κ1) is 18.4.